The van der Waals surface area contributed by atoms with E-state index < -0.39 is 16.1 Å². The summed E-state index contributed by atoms with van der Waals surface area (Å²) in [6.07, 6.45) is 5.12. The van der Waals surface area contributed by atoms with Crippen molar-refractivity contribution in [3.8, 4) is 18.4 Å². The Balaban J connectivity index is 3.25. The standard InChI is InChI=1S/C12H12N2O2S/c1-4-10(3)14-17(15,16)12-7-11(8-13)6-5-9(12)2/h1,5-7,10,14H,2-3H3. The highest BCUT2D eigenvalue weighted by atomic mass is 32.2. The van der Waals surface area contributed by atoms with Crippen molar-refractivity contribution < 1.29 is 8.42 Å². The molecule has 0 heterocycles. The number of sulfonamides is 1. The van der Waals surface area contributed by atoms with E-state index in [0.717, 1.165) is 0 Å². The van der Waals surface area contributed by atoms with Crippen molar-refractivity contribution in [2.24, 2.45) is 0 Å². The molecule has 0 saturated heterocycles. The Bertz CT molecular complexity index is 606. The fourth-order valence-electron chi connectivity index (χ4n) is 1.29. The Kier molecular flexibility index (Phi) is 3.90. The second kappa shape index (κ2) is 5.01. The van der Waals surface area contributed by atoms with Crippen LogP contribution < -0.4 is 4.72 Å². The lowest BCUT2D eigenvalue weighted by atomic mass is 10.2. The van der Waals surface area contributed by atoms with Gasteiger partial charge in [-0.05, 0) is 31.5 Å². The number of hydrogen-bond donors (Lipinski definition) is 1. The van der Waals surface area contributed by atoms with Gasteiger partial charge in [-0.3, -0.25) is 0 Å². The minimum Gasteiger partial charge on any atom is -0.207 e. The van der Waals surface area contributed by atoms with Gasteiger partial charge in [-0.1, -0.05) is 12.0 Å². The Morgan fingerprint density at radius 3 is 2.65 bits per heavy atom. The SMILES string of the molecule is C#CC(C)NS(=O)(=O)c1cc(C#N)ccc1C. The molecule has 0 aliphatic rings. The van der Waals surface area contributed by atoms with Gasteiger partial charge in [-0.15, -0.1) is 6.42 Å². The fourth-order valence-corrected chi connectivity index (χ4v) is 2.72. The van der Waals surface area contributed by atoms with Crippen LogP contribution in [0.5, 0.6) is 0 Å². The van der Waals surface area contributed by atoms with Gasteiger partial charge < -0.3 is 0 Å². The summed E-state index contributed by atoms with van der Waals surface area (Å²) >= 11 is 0. The Morgan fingerprint density at radius 2 is 2.12 bits per heavy atom. The molecule has 1 aromatic carbocycles. The van der Waals surface area contributed by atoms with Crippen molar-refractivity contribution in [3.05, 3.63) is 29.3 Å². The molecule has 0 fully saturated rings. The Hall–Kier alpha value is -1.82. The molecule has 1 unspecified atom stereocenters. The largest absolute Gasteiger partial charge is 0.241 e. The highest BCUT2D eigenvalue weighted by Crippen LogP contribution is 2.16. The number of nitrogens with zero attached hydrogens (tertiary/aromatic N) is 1. The molecule has 0 spiro atoms. The van der Waals surface area contributed by atoms with Crippen molar-refractivity contribution >= 4 is 10.0 Å². The molecule has 1 atom stereocenters. The van der Waals surface area contributed by atoms with Crippen LogP contribution in [0.2, 0.25) is 0 Å². The third kappa shape index (κ3) is 3.07. The zero-order valence-corrected chi connectivity index (χ0v) is 10.4. The minimum absolute atomic E-state index is 0.0821. The first-order valence-electron chi connectivity index (χ1n) is 4.90. The van der Waals surface area contributed by atoms with Gasteiger partial charge in [0.25, 0.3) is 0 Å². The Morgan fingerprint density at radius 1 is 1.47 bits per heavy atom. The van der Waals surface area contributed by atoms with E-state index in [1.165, 1.54) is 6.07 Å². The fraction of sp³-hybridized carbons (Fsp3) is 0.250. The first kappa shape index (κ1) is 13.2. The number of benzene rings is 1. The third-order valence-electron chi connectivity index (χ3n) is 2.19. The van der Waals surface area contributed by atoms with Crippen LogP contribution >= 0.6 is 0 Å². The van der Waals surface area contributed by atoms with Crippen LogP contribution in [-0.2, 0) is 10.0 Å². The van der Waals surface area contributed by atoms with Gasteiger partial charge >= 0.3 is 0 Å². The van der Waals surface area contributed by atoms with Crippen molar-refractivity contribution in [2.75, 3.05) is 0 Å². The first-order chi connectivity index (χ1) is 7.90. The molecule has 0 aromatic heterocycles. The molecule has 0 radical (unpaired) electrons. The molecule has 17 heavy (non-hydrogen) atoms. The van der Waals surface area contributed by atoms with Crippen LogP contribution in [0.1, 0.15) is 18.1 Å². The summed E-state index contributed by atoms with van der Waals surface area (Å²) < 4.78 is 26.3. The highest BCUT2D eigenvalue weighted by molar-refractivity contribution is 7.89. The van der Waals surface area contributed by atoms with Gasteiger partial charge in [-0.25, -0.2) is 8.42 Å². The van der Waals surface area contributed by atoms with Gasteiger partial charge in [0.15, 0.2) is 0 Å². The maximum absolute atomic E-state index is 12.0. The summed E-state index contributed by atoms with van der Waals surface area (Å²) in [4.78, 5) is 0.0821. The van der Waals surface area contributed by atoms with E-state index >= 15 is 0 Å². The van der Waals surface area contributed by atoms with Gasteiger partial charge in [-0.2, -0.15) is 9.98 Å². The van der Waals surface area contributed by atoms with E-state index in [1.807, 2.05) is 6.07 Å². The first-order valence-corrected chi connectivity index (χ1v) is 6.38. The summed E-state index contributed by atoms with van der Waals surface area (Å²) in [6, 6.07) is 5.80. The van der Waals surface area contributed by atoms with E-state index in [-0.39, 0.29) is 4.90 Å². The maximum atomic E-state index is 12.0. The number of aryl methyl sites for hydroxylation is 1. The van der Waals surface area contributed by atoms with E-state index in [9.17, 15) is 8.42 Å². The Labute approximate surface area is 101 Å². The van der Waals surface area contributed by atoms with Crippen LogP contribution in [-0.4, -0.2) is 14.5 Å². The van der Waals surface area contributed by atoms with Crippen molar-refractivity contribution in [3.63, 3.8) is 0 Å². The van der Waals surface area contributed by atoms with Crippen molar-refractivity contribution in [1.82, 2.24) is 4.72 Å². The average molecular weight is 248 g/mol. The quantitative estimate of drug-likeness (QED) is 0.816. The summed E-state index contributed by atoms with van der Waals surface area (Å²) in [5.74, 6) is 2.28. The summed E-state index contributed by atoms with van der Waals surface area (Å²) in [5.41, 5.74) is 0.866. The second-order valence-electron chi connectivity index (χ2n) is 3.60. The van der Waals surface area contributed by atoms with Crippen LogP contribution in [0, 0.1) is 30.6 Å². The lowest BCUT2D eigenvalue weighted by molar-refractivity contribution is 0.577. The van der Waals surface area contributed by atoms with Crippen LogP contribution in [0.25, 0.3) is 0 Å². The summed E-state index contributed by atoms with van der Waals surface area (Å²) in [7, 11) is -3.68. The second-order valence-corrected chi connectivity index (χ2v) is 5.28. The minimum atomic E-state index is -3.68. The van der Waals surface area contributed by atoms with Crippen LogP contribution in [0.15, 0.2) is 23.1 Å². The van der Waals surface area contributed by atoms with E-state index in [4.69, 9.17) is 11.7 Å². The highest BCUT2D eigenvalue weighted by Gasteiger charge is 2.19. The molecule has 0 amide bonds. The van der Waals surface area contributed by atoms with Crippen LogP contribution in [0.3, 0.4) is 0 Å². The van der Waals surface area contributed by atoms with Crippen molar-refractivity contribution in [2.45, 2.75) is 24.8 Å². The number of nitrogens with one attached hydrogen (secondary N) is 1. The predicted molar refractivity (Wildman–Crippen MR) is 64.5 cm³/mol. The number of hydrogen-bond acceptors (Lipinski definition) is 3. The van der Waals surface area contributed by atoms with Crippen molar-refractivity contribution in [1.29, 1.82) is 5.26 Å². The predicted octanol–water partition coefficient (Wildman–Crippen LogP) is 1.17. The lowest BCUT2D eigenvalue weighted by Gasteiger charge is -2.11. The van der Waals surface area contributed by atoms with Crippen LogP contribution in [0.4, 0.5) is 0 Å². The molecule has 0 saturated carbocycles. The van der Waals surface area contributed by atoms with E-state index in [1.54, 1.807) is 26.0 Å². The molecule has 4 nitrogen and oxygen atoms in total. The molecule has 0 aliphatic carbocycles. The van der Waals surface area contributed by atoms with E-state index in [2.05, 4.69) is 10.6 Å². The normalized spacial score (nSPS) is 12.5. The van der Waals surface area contributed by atoms with Gasteiger partial charge in [0, 0.05) is 0 Å². The average Bonchev–Trinajstić information content (AvgIpc) is 2.28. The van der Waals surface area contributed by atoms with Gasteiger partial charge in [0.1, 0.15) is 0 Å². The summed E-state index contributed by atoms with van der Waals surface area (Å²) in [5, 5.41) is 8.75. The summed E-state index contributed by atoms with van der Waals surface area (Å²) in [6.45, 7) is 3.23. The molecule has 5 heteroatoms. The number of rotatable bonds is 3. The smallest absolute Gasteiger partial charge is 0.207 e. The topological polar surface area (TPSA) is 70.0 Å². The van der Waals surface area contributed by atoms with Gasteiger partial charge in [0.2, 0.25) is 10.0 Å². The van der Waals surface area contributed by atoms with E-state index in [0.29, 0.717) is 11.1 Å². The molecule has 0 bridgehead atoms. The molecule has 1 aromatic rings. The molecule has 0 aliphatic heterocycles. The number of terminal acetylenes is 1. The van der Waals surface area contributed by atoms with Gasteiger partial charge in [0.05, 0.1) is 22.6 Å². The molecule has 1 rings (SSSR count). The zero-order chi connectivity index (χ0) is 13.1. The molecular weight excluding hydrogens is 236 g/mol. The third-order valence-corrected chi connectivity index (χ3v) is 3.87. The molecule has 1 N–H and O–H groups in total. The molecular formula is C12H12N2O2S. The number of nitriles is 1. The zero-order valence-electron chi connectivity index (χ0n) is 9.56. The monoisotopic (exact) mass is 248 g/mol. The maximum Gasteiger partial charge on any atom is 0.241 e. The molecule has 88 valence electrons. The lowest BCUT2D eigenvalue weighted by Crippen LogP contribution is -2.31.